The summed E-state index contributed by atoms with van der Waals surface area (Å²) in [4.78, 5) is 11.5. The molecule has 0 aliphatic carbocycles. The Morgan fingerprint density at radius 1 is 1.32 bits per heavy atom. The van der Waals surface area contributed by atoms with E-state index in [1.54, 1.807) is 0 Å². The van der Waals surface area contributed by atoms with Crippen molar-refractivity contribution >= 4 is 16.9 Å². The highest BCUT2D eigenvalue weighted by atomic mass is 16.5. The van der Waals surface area contributed by atoms with Gasteiger partial charge in [-0.05, 0) is 31.0 Å². The molecule has 19 heavy (non-hydrogen) atoms. The summed E-state index contributed by atoms with van der Waals surface area (Å²) >= 11 is 0. The molecule has 0 radical (unpaired) electrons. The summed E-state index contributed by atoms with van der Waals surface area (Å²) < 4.78 is 6.87. The van der Waals surface area contributed by atoms with Crippen molar-refractivity contribution in [1.29, 1.82) is 0 Å². The van der Waals surface area contributed by atoms with E-state index in [1.165, 1.54) is 23.8 Å². The zero-order valence-corrected chi connectivity index (χ0v) is 12.7. The monoisotopic (exact) mass is 261 g/mol. The van der Waals surface area contributed by atoms with E-state index >= 15 is 0 Å². The molecule has 3 nitrogen and oxygen atoms in total. The first kappa shape index (κ1) is 15.3. The largest absolute Gasteiger partial charge is 0.465 e. The molecule has 0 unspecified atom stereocenters. The number of nitrogens with zero attached hydrogens (tertiary/aromatic N) is 1. The molecule has 0 saturated carbocycles. The van der Waals surface area contributed by atoms with Crippen LogP contribution in [0.5, 0.6) is 0 Å². The molecule has 2 rings (SSSR count). The van der Waals surface area contributed by atoms with Crippen molar-refractivity contribution in [2.24, 2.45) is 7.05 Å². The Labute approximate surface area is 115 Å². The fourth-order valence-corrected chi connectivity index (χ4v) is 2.33. The van der Waals surface area contributed by atoms with E-state index in [4.69, 9.17) is 4.74 Å². The molecule has 0 amide bonds. The van der Waals surface area contributed by atoms with Crippen molar-refractivity contribution in [2.45, 2.75) is 34.1 Å². The van der Waals surface area contributed by atoms with Crippen molar-refractivity contribution in [3.05, 3.63) is 35.0 Å². The number of aryl methyl sites for hydroxylation is 2. The number of aromatic nitrogens is 1. The number of hydrogen-bond acceptors (Lipinski definition) is 2. The molecule has 0 saturated heterocycles. The number of hydrogen-bond donors (Lipinski definition) is 0. The van der Waals surface area contributed by atoms with Crippen LogP contribution in [0, 0.1) is 6.92 Å². The summed E-state index contributed by atoms with van der Waals surface area (Å²) in [5.41, 5.74) is 4.29. The van der Waals surface area contributed by atoms with Gasteiger partial charge in [0.2, 0.25) is 0 Å². The Morgan fingerprint density at radius 3 is 2.47 bits per heavy atom. The fourth-order valence-electron chi connectivity index (χ4n) is 2.33. The van der Waals surface area contributed by atoms with Crippen LogP contribution in [0.1, 0.15) is 42.4 Å². The first-order valence-corrected chi connectivity index (χ1v) is 6.76. The highest BCUT2D eigenvalue weighted by Gasteiger charge is 2.13. The van der Waals surface area contributed by atoms with Gasteiger partial charge in [-0.15, -0.1) is 0 Å². The second-order valence-corrected chi connectivity index (χ2v) is 4.20. The van der Waals surface area contributed by atoms with Crippen molar-refractivity contribution < 1.29 is 9.53 Å². The molecule has 0 N–H and O–H groups in total. The minimum Gasteiger partial charge on any atom is -0.465 e. The van der Waals surface area contributed by atoms with Crippen LogP contribution >= 0.6 is 0 Å². The zero-order chi connectivity index (χ0) is 14.6. The number of methoxy groups -OCH3 is 1. The van der Waals surface area contributed by atoms with Gasteiger partial charge in [0.15, 0.2) is 0 Å². The van der Waals surface area contributed by atoms with Crippen LogP contribution in [-0.4, -0.2) is 17.6 Å². The Balaban J connectivity index is 0.000000861. The maximum absolute atomic E-state index is 11.5. The lowest BCUT2D eigenvalue weighted by Gasteiger charge is -2.01. The molecule has 1 aromatic heterocycles. The van der Waals surface area contributed by atoms with Gasteiger partial charge < -0.3 is 9.30 Å². The lowest BCUT2D eigenvalue weighted by atomic mass is 10.1. The second kappa shape index (κ2) is 6.41. The van der Waals surface area contributed by atoms with E-state index in [9.17, 15) is 4.79 Å². The zero-order valence-electron chi connectivity index (χ0n) is 12.7. The van der Waals surface area contributed by atoms with Crippen LogP contribution in [0.25, 0.3) is 10.9 Å². The molecular weight excluding hydrogens is 238 g/mol. The van der Waals surface area contributed by atoms with E-state index in [1.807, 2.05) is 39.1 Å². The average Bonchev–Trinajstić information content (AvgIpc) is 2.71. The van der Waals surface area contributed by atoms with E-state index in [-0.39, 0.29) is 5.97 Å². The summed E-state index contributed by atoms with van der Waals surface area (Å²) in [6.07, 6.45) is 1.00. The van der Waals surface area contributed by atoms with Crippen LogP contribution in [0.15, 0.2) is 18.2 Å². The van der Waals surface area contributed by atoms with Gasteiger partial charge in [-0.25, -0.2) is 4.79 Å². The number of fused-ring (bicyclic) bond motifs is 1. The number of esters is 1. The minimum absolute atomic E-state index is 0.288. The minimum atomic E-state index is -0.288. The topological polar surface area (TPSA) is 31.2 Å². The van der Waals surface area contributed by atoms with Gasteiger partial charge >= 0.3 is 5.97 Å². The lowest BCUT2D eigenvalue weighted by molar-refractivity contribution is 0.0601. The molecule has 3 heteroatoms. The quantitative estimate of drug-likeness (QED) is 0.769. The standard InChI is InChI=1S/C14H17NO2.C2H6/c1-5-11-9(2)15(3)13-8-10(14(16)17-4)6-7-12(11)13;1-2/h6-8H,5H2,1-4H3;1-2H3. The molecule has 0 fully saturated rings. The first-order valence-electron chi connectivity index (χ1n) is 6.76. The molecule has 0 atom stereocenters. The predicted octanol–water partition coefficient (Wildman–Crippen LogP) is 3.86. The third-order valence-corrected chi connectivity index (χ3v) is 3.40. The molecule has 1 heterocycles. The van der Waals surface area contributed by atoms with Gasteiger partial charge in [0.1, 0.15) is 0 Å². The number of rotatable bonds is 2. The number of carbonyl (C=O) groups is 1. The summed E-state index contributed by atoms with van der Waals surface area (Å²) in [6, 6.07) is 5.73. The van der Waals surface area contributed by atoms with Gasteiger partial charge in [-0.3, -0.25) is 0 Å². The van der Waals surface area contributed by atoms with Crippen LogP contribution in [-0.2, 0) is 18.2 Å². The Kier molecular flexibility index (Phi) is 5.16. The summed E-state index contributed by atoms with van der Waals surface area (Å²) in [5.74, 6) is -0.288. The maximum atomic E-state index is 11.5. The van der Waals surface area contributed by atoms with Crippen LogP contribution in [0.2, 0.25) is 0 Å². The Morgan fingerprint density at radius 2 is 1.95 bits per heavy atom. The SMILES string of the molecule is CC.CCc1c(C)n(C)c2cc(C(=O)OC)ccc12. The van der Waals surface area contributed by atoms with E-state index in [0.717, 1.165) is 11.9 Å². The predicted molar refractivity (Wildman–Crippen MR) is 79.7 cm³/mol. The van der Waals surface area contributed by atoms with Gasteiger partial charge in [0, 0.05) is 23.6 Å². The number of ether oxygens (including phenoxy) is 1. The van der Waals surface area contributed by atoms with Gasteiger partial charge in [0.25, 0.3) is 0 Å². The van der Waals surface area contributed by atoms with Crippen LogP contribution in [0.4, 0.5) is 0 Å². The molecule has 0 bridgehead atoms. The molecule has 0 aliphatic heterocycles. The highest BCUT2D eigenvalue weighted by Crippen LogP contribution is 2.26. The van der Waals surface area contributed by atoms with Crippen LogP contribution in [0.3, 0.4) is 0 Å². The number of carbonyl (C=O) groups excluding carboxylic acids is 1. The second-order valence-electron chi connectivity index (χ2n) is 4.20. The van der Waals surface area contributed by atoms with Gasteiger partial charge in [-0.2, -0.15) is 0 Å². The summed E-state index contributed by atoms with van der Waals surface area (Å²) in [5, 5.41) is 1.22. The Bertz CT molecular complexity index is 582. The van der Waals surface area contributed by atoms with Crippen molar-refractivity contribution in [3.63, 3.8) is 0 Å². The van der Waals surface area contributed by atoms with Crippen LogP contribution < -0.4 is 0 Å². The highest BCUT2D eigenvalue weighted by molar-refractivity contribution is 5.96. The Hall–Kier alpha value is -1.77. The molecule has 0 spiro atoms. The third kappa shape index (κ3) is 2.65. The maximum Gasteiger partial charge on any atom is 0.337 e. The van der Waals surface area contributed by atoms with E-state index in [0.29, 0.717) is 5.56 Å². The normalized spacial score (nSPS) is 10.0. The molecular formula is C16H23NO2. The summed E-state index contributed by atoms with van der Waals surface area (Å²) in [6.45, 7) is 8.26. The van der Waals surface area contributed by atoms with Gasteiger partial charge in [-0.1, -0.05) is 26.8 Å². The van der Waals surface area contributed by atoms with Gasteiger partial charge in [0.05, 0.1) is 12.7 Å². The summed E-state index contributed by atoms with van der Waals surface area (Å²) in [7, 11) is 3.43. The first-order chi connectivity index (χ1) is 9.10. The van der Waals surface area contributed by atoms with E-state index in [2.05, 4.69) is 18.4 Å². The average molecular weight is 261 g/mol. The fraction of sp³-hybridized carbons (Fsp3) is 0.438. The van der Waals surface area contributed by atoms with Crippen molar-refractivity contribution in [2.75, 3.05) is 7.11 Å². The molecule has 104 valence electrons. The van der Waals surface area contributed by atoms with E-state index < -0.39 is 0 Å². The van der Waals surface area contributed by atoms with Crippen molar-refractivity contribution in [3.8, 4) is 0 Å². The third-order valence-electron chi connectivity index (χ3n) is 3.40. The number of benzene rings is 1. The smallest absolute Gasteiger partial charge is 0.337 e. The molecule has 2 aromatic rings. The molecule has 1 aromatic carbocycles. The van der Waals surface area contributed by atoms with Crippen molar-refractivity contribution in [1.82, 2.24) is 4.57 Å². The molecule has 0 aliphatic rings. The lowest BCUT2D eigenvalue weighted by Crippen LogP contribution is -2.01.